The first-order chi connectivity index (χ1) is 16.8. The molecule has 0 N–H and O–H groups in total. The fourth-order valence-electron chi connectivity index (χ4n) is 4.81. The Morgan fingerprint density at radius 3 is 2.03 bits per heavy atom. The minimum atomic E-state index is -1.51. The van der Waals surface area contributed by atoms with Gasteiger partial charge in [-0.15, -0.1) is 0 Å². The van der Waals surface area contributed by atoms with Gasteiger partial charge >= 0.3 is 0 Å². The molecule has 0 radical (unpaired) electrons. The third kappa shape index (κ3) is 5.19. The van der Waals surface area contributed by atoms with Crippen molar-refractivity contribution in [3.63, 3.8) is 0 Å². The predicted molar refractivity (Wildman–Crippen MR) is 131 cm³/mol. The topological polar surface area (TPSA) is 0 Å². The number of halogens is 5. The lowest BCUT2D eigenvalue weighted by molar-refractivity contribution is 0.452. The zero-order valence-corrected chi connectivity index (χ0v) is 20.0. The number of hydrogen-bond donors (Lipinski definition) is 0. The fourth-order valence-corrected chi connectivity index (χ4v) is 4.81. The number of rotatable bonds is 7. The van der Waals surface area contributed by atoms with Crippen molar-refractivity contribution in [2.75, 3.05) is 0 Å². The van der Waals surface area contributed by atoms with E-state index in [0.29, 0.717) is 19.3 Å². The molecule has 35 heavy (non-hydrogen) atoms. The maximum absolute atomic E-state index is 15.0. The Labute approximate surface area is 203 Å². The molecule has 1 unspecified atom stereocenters. The van der Waals surface area contributed by atoms with Crippen LogP contribution in [0.1, 0.15) is 73.6 Å². The van der Waals surface area contributed by atoms with E-state index in [9.17, 15) is 13.2 Å². The first-order valence-electron chi connectivity index (χ1n) is 12.2. The molecule has 0 bridgehead atoms. The molecular formula is C30H29F5. The highest BCUT2D eigenvalue weighted by Gasteiger charge is 2.30. The molecule has 1 atom stereocenters. The molecule has 0 nitrogen and oxygen atoms in total. The van der Waals surface area contributed by atoms with Gasteiger partial charge in [-0.25, -0.2) is 22.0 Å². The molecule has 0 aliphatic heterocycles. The molecule has 0 aromatic heterocycles. The van der Waals surface area contributed by atoms with Gasteiger partial charge in [0.05, 0.1) is 11.1 Å². The second kappa shape index (κ2) is 10.8. The monoisotopic (exact) mass is 484 g/mol. The van der Waals surface area contributed by atoms with E-state index in [1.54, 1.807) is 6.08 Å². The molecule has 0 spiro atoms. The van der Waals surface area contributed by atoms with Crippen LogP contribution in [0.5, 0.6) is 0 Å². The predicted octanol–water partition coefficient (Wildman–Crippen LogP) is 9.44. The van der Waals surface area contributed by atoms with Crippen molar-refractivity contribution in [3.8, 4) is 11.1 Å². The van der Waals surface area contributed by atoms with Crippen LogP contribution in [0.4, 0.5) is 22.0 Å². The van der Waals surface area contributed by atoms with Gasteiger partial charge in [0.15, 0.2) is 23.3 Å². The molecule has 0 amide bonds. The van der Waals surface area contributed by atoms with Gasteiger partial charge in [-0.1, -0.05) is 62.2 Å². The van der Waals surface area contributed by atoms with Gasteiger partial charge in [0.2, 0.25) is 0 Å². The molecule has 0 heterocycles. The summed E-state index contributed by atoms with van der Waals surface area (Å²) >= 11 is 0. The van der Waals surface area contributed by atoms with Crippen molar-refractivity contribution in [1.29, 1.82) is 0 Å². The maximum Gasteiger partial charge on any atom is 0.170 e. The summed E-state index contributed by atoms with van der Waals surface area (Å²) in [5, 5.41) is 0. The van der Waals surface area contributed by atoms with Gasteiger partial charge in [-0.2, -0.15) is 0 Å². The molecule has 3 aromatic rings. The Bertz CT molecular complexity index is 1210. The molecule has 0 saturated heterocycles. The average molecular weight is 485 g/mol. The molecule has 0 saturated carbocycles. The van der Waals surface area contributed by atoms with Crippen molar-refractivity contribution in [3.05, 3.63) is 99.9 Å². The molecule has 3 aromatic carbocycles. The summed E-state index contributed by atoms with van der Waals surface area (Å²) in [4.78, 5) is 0. The average Bonchev–Trinajstić information content (AvgIpc) is 2.86. The Balaban J connectivity index is 1.58. The van der Waals surface area contributed by atoms with Gasteiger partial charge in [-0.05, 0) is 78.8 Å². The lowest BCUT2D eigenvalue weighted by atomic mass is 9.82. The Hall–Kier alpha value is -2.95. The van der Waals surface area contributed by atoms with E-state index in [1.807, 2.05) is 0 Å². The van der Waals surface area contributed by atoms with Crippen LogP contribution in [-0.4, -0.2) is 0 Å². The van der Waals surface area contributed by atoms with E-state index in [-0.39, 0.29) is 22.6 Å². The molecule has 4 rings (SSSR count). The Morgan fingerprint density at radius 1 is 0.800 bits per heavy atom. The zero-order chi connectivity index (χ0) is 25.1. The fraction of sp³-hybridized carbons (Fsp3) is 0.333. The van der Waals surface area contributed by atoms with Crippen LogP contribution < -0.4 is 0 Å². The summed E-state index contributed by atoms with van der Waals surface area (Å²) in [5.74, 6) is -6.44. The van der Waals surface area contributed by atoms with E-state index >= 15 is 8.78 Å². The second-order valence-electron chi connectivity index (χ2n) is 9.37. The van der Waals surface area contributed by atoms with Crippen LogP contribution in [0, 0.1) is 36.0 Å². The van der Waals surface area contributed by atoms with Gasteiger partial charge in [-0.3, -0.25) is 0 Å². The molecule has 184 valence electrons. The Morgan fingerprint density at radius 2 is 1.46 bits per heavy atom. The van der Waals surface area contributed by atoms with Gasteiger partial charge in [0.25, 0.3) is 0 Å². The smallest absolute Gasteiger partial charge is 0.170 e. The third-order valence-electron chi connectivity index (χ3n) is 6.98. The Kier molecular flexibility index (Phi) is 7.73. The molecule has 5 heteroatoms. The number of unbranched alkanes of at least 4 members (excludes halogenated alkanes) is 2. The van der Waals surface area contributed by atoms with Crippen molar-refractivity contribution < 1.29 is 22.0 Å². The maximum atomic E-state index is 15.0. The van der Waals surface area contributed by atoms with E-state index in [4.69, 9.17) is 0 Å². The quantitative estimate of drug-likeness (QED) is 0.178. The van der Waals surface area contributed by atoms with Crippen molar-refractivity contribution in [2.24, 2.45) is 0 Å². The van der Waals surface area contributed by atoms with Crippen molar-refractivity contribution in [2.45, 2.75) is 64.7 Å². The number of allylic oxidation sites excluding steroid dienone is 2. The summed E-state index contributed by atoms with van der Waals surface area (Å²) in [6, 6.07) is 11.9. The van der Waals surface area contributed by atoms with Crippen LogP contribution in [0.2, 0.25) is 0 Å². The van der Waals surface area contributed by atoms with E-state index < -0.39 is 40.2 Å². The van der Waals surface area contributed by atoms with Crippen LogP contribution in [0.25, 0.3) is 16.7 Å². The molecule has 1 aliphatic carbocycles. The van der Waals surface area contributed by atoms with Crippen LogP contribution in [-0.2, 0) is 6.42 Å². The first kappa shape index (κ1) is 25.2. The summed E-state index contributed by atoms with van der Waals surface area (Å²) in [6.07, 6.45) is 7.71. The molecule has 1 aliphatic rings. The minimum absolute atomic E-state index is 0.180. The van der Waals surface area contributed by atoms with Crippen molar-refractivity contribution in [1.82, 2.24) is 0 Å². The summed E-state index contributed by atoms with van der Waals surface area (Å²) in [6.45, 7) is 3.66. The largest absolute Gasteiger partial charge is 0.207 e. The molecule has 0 fully saturated rings. The van der Waals surface area contributed by atoms with Crippen LogP contribution in [0.15, 0.2) is 48.5 Å². The first-order valence-corrected chi connectivity index (χ1v) is 12.2. The highest BCUT2D eigenvalue weighted by molar-refractivity contribution is 5.73. The van der Waals surface area contributed by atoms with E-state index in [1.165, 1.54) is 37.5 Å². The number of aryl methyl sites for hydroxylation is 2. The zero-order valence-electron chi connectivity index (χ0n) is 20.0. The van der Waals surface area contributed by atoms with Gasteiger partial charge in [0, 0.05) is 0 Å². The minimum Gasteiger partial charge on any atom is -0.207 e. The number of benzene rings is 3. The van der Waals surface area contributed by atoms with Gasteiger partial charge < -0.3 is 0 Å². The second-order valence-corrected chi connectivity index (χ2v) is 9.37. The summed E-state index contributed by atoms with van der Waals surface area (Å²) in [7, 11) is 0. The standard InChI is InChI=1S/C30H29F5/c1-3-4-5-6-19-8-11-20(12-9-19)21-13-15-22(16-14-21)25-27(32)29(34)26(30(35)28(25)33)23-10-7-18(2)24(31)17-23/h7-12,15,17,21H,3-6,13-14,16H2,1-2H3. The van der Waals surface area contributed by atoms with E-state index in [0.717, 1.165) is 24.5 Å². The SMILES string of the molecule is CCCCCc1ccc(C2CC=C(c3c(F)c(F)c(-c4ccc(C)c(F)c4)c(F)c3F)CC2)cc1. The lowest BCUT2D eigenvalue weighted by Crippen LogP contribution is -2.10. The van der Waals surface area contributed by atoms with E-state index in [2.05, 4.69) is 31.2 Å². The van der Waals surface area contributed by atoms with Gasteiger partial charge in [0.1, 0.15) is 5.82 Å². The molecular weight excluding hydrogens is 455 g/mol. The summed E-state index contributed by atoms with van der Waals surface area (Å²) in [5.41, 5.74) is 1.15. The van der Waals surface area contributed by atoms with Crippen LogP contribution in [0.3, 0.4) is 0 Å². The lowest BCUT2D eigenvalue weighted by Gasteiger charge is -2.24. The third-order valence-corrected chi connectivity index (χ3v) is 6.98. The van der Waals surface area contributed by atoms with Crippen LogP contribution >= 0.6 is 0 Å². The van der Waals surface area contributed by atoms with Crippen molar-refractivity contribution >= 4 is 5.57 Å². The highest BCUT2D eigenvalue weighted by Crippen LogP contribution is 2.41. The normalized spacial score (nSPS) is 15.9. The summed E-state index contributed by atoms with van der Waals surface area (Å²) < 4.78 is 73.9. The highest BCUT2D eigenvalue weighted by atomic mass is 19.2. The number of hydrogen-bond acceptors (Lipinski definition) is 0.